The van der Waals surface area contributed by atoms with Crippen LogP contribution in [0.3, 0.4) is 0 Å². The van der Waals surface area contributed by atoms with Crippen LogP contribution in [0.1, 0.15) is 55.8 Å². The van der Waals surface area contributed by atoms with E-state index in [0.29, 0.717) is 28.3 Å². The number of hydrogen-bond donors (Lipinski definition) is 3. The Morgan fingerprint density at radius 2 is 1.89 bits per heavy atom. The minimum atomic E-state index is -0.944. The Morgan fingerprint density at radius 1 is 1.16 bits per heavy atom. The number of carbonyl (C=O) groups excluding carboxylic acids is 2. The quantitative estimate of drug-likeness (QED) is 0.348. The van der Waals surface area contributed by atoms with E-state index in [1.54, 1.807) is 41.8 Å². The number of anilines is 1. The predicted molar refractivity (Wildman–Crippen MR) is 136 cm³/mol. The van der Waals surface area contributed by atoms with E-state index in [1.807, 2.05) is 0 Å². The summed E-state index contributed by atoms with van der Waals surface area (Å²) in [5.41, 5.74) is 1.88. The molecule has 3 aromatic rings. The number of nitrogens with zero attached hydrogens (tertiary/aromatic N) is 2. The van der Waals surface area contributed by atoms with Gasteiger partial charge in [0.05, 0.1) is 13.0 Å². The first-order chi connectivity index (χ1) is 17.9. The molecule has 0 aliphatic heterocycles. The lowest BCUT2D eigenvalue weighted by atomic mass is 9.82. The Bertz CT molecular complexity index is 1270. The number of pyridine rings is 1. The Kier molecular flexibility index (Phi) is 8.37. The van der Waals surface area contributed by atoms with Crippen LogP contribution in [-0.4, -0.2) is 51.5 Å². The monoisotopic (exact) mass is 510 g/mol. The first-order valence-electron chi connectivity index (χ1n) is 12.6. The summed E-state index contributed by atoms with van der Waals surface area (Å²) in [7, 11) is 0. The number of carboxylic acid groups (broad SMARTS) is 1. The molecule has 1 aliphatic rings. The molecule has 9 nitrogen and oxygen atoms in total. The Morgan fingerprint density at radius 3 is 2.57 bits per heavy atom. The second kappa shape index (κ2) is 11.9. The number of amides is 1. The summed E-state index contributed by atoms with van der Waals surface area (Å²) >= 11 is 0. The third-order valence-electron chi connectivity index (χ3n) is 6.64. The smallest absolute Gasteiger partial charge is 0.325 e. The van der Waals surface area contributed by atoms with Crippen molar-refractivity contribution in [3.8, 4) is 11.3 Å². The molecule has 1 aliphatic carbocycles. The van der Waals surface area contributed by atoms with Gasteiger partial charge in [0.15, 0.2) is 0 Å². The van der Waals surface area contributed by atoms with Crippen LogP contribution < -0.4 is 10.6 Å². The van der Waals surface area contributed by atoms with Crippen molar-refractivity contribution in [3.63, 3.8) is 0 Å². The highest BCUT2D eigenvalue weighted by Crippen LogP contribution is 2.30. The second-order valence-corrected chi connectivity index (χ2v) is 9.19. The van der Waals surface area contributed by atoms with E-state index in [4.69, 9.17) is 4.74 Å². The number of aromatic nitrogens is 2. The number of carbonyl (C=O) groups is 3. The van der Waals surface area contributed by atoms with Gasteiger partial charge in [-0.15, -0.1) is 0 Å². The van der Waals surface area contributed by atoms with Gasteiger partial charge in [0.25, 0.3) is 5.91 Å². The zero-order valence-electron chi connectivity index (χ0n) is 20.7. The number of esters is 1. The van der Waals surface area contributed by atoms with Crippen LogP contribution in [0.5, 0.6) is 0 Å². The molecule has 0 spiro atoms. The van der Waals surface area contributed by atoms with Crippen molar-refractivity contribution in [1.29, 1.82) is 0 Å². The number of aliphatic carboxylic acids is 1. The number of rotatable bonds is 10. The molecule has 0 radical (unpaired) electrons. The van der Waals surface area contributed by atoms with E-state index in [1.165, 1.54) is 12.1 Å². The maximum Gasteiger partial charge on any atom is 0.325 e. The van der Waals surface area contributed by atoms with Crippen LogP contribution in [0.25, 0.3) is 16.9 Å². The van der Waals surface area contributed by atoms with Crippen molar-refractivity contribution in [2.75, 3.05) is 18.5 Å². The maximum absolute atomic E-state index is 13.5. The number of ether oxygens (including phenoxy) is 1. The number of nitrogens with one attached hydrogen (secondary N) is 2. The minimum absolute atomic E-state index is 0.101. The summed E-state index contributed by atoms with van der Waals surface area (Å²) in [6.07, 6.45) is 6.52. The van der Waals surface area contributed by atoms with Gasteiger partial charge >= 0.3 is 11.9 Å². The Hall–Kier alpha value is -3.95. The van der Waals surface area contributed by atoms with Gasteiger partial charge in [-0.2, -0.15) is 0 Å². The number of carboxylic acids is 1. The van der Waals surface area contributed by atoms with E-state index in [-0.39, 0.29) is 37.2 Å². The van der Waals surface area contributed by atoms with Gasteiger partial charge in [-0.1, -0.05) is 19.3 Å². The average Bonchev–Trinajstić information content (AvgIpc) is 3.25. The summed E-state index contributed by atoms with van der Waals surface area (Å²) < 4.78 is 20.2. The van der Waals surface area contributed by atoms with Crippen molar-refractivity contribution in [2.24, 2.45) is 5.92 Å². The summed E-state index contributed by atoms with van der Waals surface area (Å²) in [4.78, 5) is 41.2. The van der Waals surface area contributed by atoms with Gasteiger partial charge in [0.2, 0.25) is 0 Å². The molecule has 4 rings (SSSR count). The van der Waals surface area contributed by atoms with Crippen molar-refractivity contribution in [2.45, 2.75) is 51.5 Å². The van der Waals surface area contributed by atoms with Crippen molar-refractivity contribution < 1.29 is 28.6 Å². The molecule has 3 N–H and O–H groups in total. The van der Waals surface area contributed by atoms with Crippen LogP contribution in [0, 0.1) is 11.7 Å². The first kappa shape index (κ1) is 26.1. The van der Waals surface area contributed by atoms with E-state index >= 15 is 0 Å². The van der Waals surface area contributed by atoms with Crippen LogP contribution in [0.4, 0.5) is 10.2 Å². The summed E-state index contributed by atoms with van der Waals surface area (Å²) in [5.74, 6) is -1.51. The highest BCUT2D eigenvalue weighted by molar-refractivity contribution is 5.96. The summed E-state index contributed by atoms with van der Waals surface area (Å²) in [6, 6.07) is 8.59. The van der Waals surface area contributed by atoms with Crippen LogP contribution in [0.2, 0.25) is 0 Å². The lowest BCUT2D eigenvalue weighted by Gasteiger charge is -2.30. The normalized spacial score (nSPS) is 14.8. The molecule has 1 fully saturated rings. The summed E-state index contributed by atoms with van der Waals surface area (Å²) in [5, 5.41) is 15.4. The molecule has 0 saturated heterocycles. The van der Waals surface area contributed by atoms with E-state index < -0.39 is 18.0 Å². The Labute approximate surface area is 214 Å². The SMILES string of the molecule is CCOC(=O)CNc1c(-c2ccc(F)cc2)nc2cc(C(=O)NC(CC(=O)O)C3CCCCC3)ccn12. The standard InChI is InChI=1S/C27H31FN4O5/c1-2-37-24(35)16-29-26-25(18-8-10-20(28)11-9-18)31-22-14-19(12-13-32(22)26)27(36)30-21(15-23(33)34)17-6-4-3-5-7-17/h8-14,17,21,29H,2-7,15-16H2,1H3,(H,30,36)(H,33,34). The number of halogens is 1. The van der Waals surface area contributed by atoms with Gasteiger partial charge in [-0.25, -0.2) is 9.37 Å². The number of fused-ring (bicyclic) bond motifs is 1. The minimum Gasteiger partial charge on any atom is -0.481 e. The van der Waals surface area contributed by atoms with E-state index in [9.17, 15) is 23.9 Å². The molecule has 37 heavy (non-hydrogen) atoms. The molecule has 0 bridgehead atoms. The largest absolute Gasteiger partial charge is 0.481 e. The highest BCUT2D eigenvalue weighted by Gasteiger charge is 2.28. The zero-order chi connectivity index (χ0) is 26.4. The van der Waals surface area contributed by atoms with Crippen LogP contribution in [-0.2, 0) is 14.3 Å². The molecule has 2 aromatic heterocycles. The second-order valence-electron chi connectivity index (χ2n) is 9.19. The number of benzene rings is 1. The van der Waals surface area contributed by atoms with Crippen LogP contribution >= 0.6 is 0 Å². The fourth-order valence-corrected chi connectivity index (χ4v) is 4.84. The molecule has 196 valence electrons. The van der Waals surface area contributed by atoms with Crippen LogP contribution in [0.15, 0.2) is 42.6 Å². The average molecular weight is 511 g/mol. The third kappa shape index (κ3) is 6.44. The van der Waals surface area contributed by atoms with Gasteiger partial charge in [0.1, 0.15) is 29.5 Å². The van der Waals surface area contributed by atoms with Crippen molar-refractivity contribution in [1.82, 2.24) is 14.7 Å². The number of imidazole rings is 1. The molecule has 1 atom stereocenters. The van der Waals surface area contributed by atoms with Gasteiger partial charge < -0.3 is 20.5 Å². The van der Waals surface area contributed by atoms with E-state index in [0.717, 1.165) is 32.1 Å². The summed E-state index contributed by atoms with van der Waals surface area (Å²) in [6.45, 7) is 1.87. The van der Waals surface area contributed by atoms with Crippen molar-refractivity contribution >= 4 is 29.3 Å². The lowest BCUT2D eigenvalue weighted by molar-refractivity contribution is -0.141. The van der Waals surface area contributed by atoms with Gasteiger partial charge in [-0.3, -0.25) is 18.8 Å². The highest BCUT2D eigenvalue weighted by atomic mass is 19.1. The fraction of sp³-hybridized carbons (Fsp3) is 0.407. The first-order valence-corrected chi connectivity index (χ1v) is 12.6. The molecule has 2 heterocycles. The van der Waals surface area contributed by atoms with Gasteiger partial charge in [0, 0.05) is 23.4 Å². The third-order valence-corrected chi connectivity index (χ3v) is 6.64. The lowest BCUT2D eigenvalue weighted by Crippen LogP contribution is -2.42. The molecule has 1 saturated carbocycles. The van der Waals surface area contributed by atoms with Gasteiger partial charge in [-0.05, 0) is 62.1 Å². The topological polar surface area (TPSA) is 122 Å². The number of hydrogen-bond acceptors (Lipinski definition) is 6. The molecular weight excluding hydrogens is 479 g/mol. The maximum atomic E-state index is 13.5. The molecule has 10 heteroatoms. The molecular formula is C27H31FN4O5. The van der Waals surface area contributed by atoms with Crippen molar-refractivity contribution in [3.05, 3.63) is 54.0 Å². The molecule has 1 aromatic carbocycles. The van der Waals surface area contributed by atoms with E-state index in [2.05, 4.69) is 15.6 Å². The molecule has 1 unspecified atom stereocenters. The Balaban J connectivity index is 1.63. The fourth-order valence-electron chi connectivity index (χ4n) is 4.84. The molecule has 1 amide bonds. The zero-order valence-corrected chi connectivity index (χ0v) is 20.7. The predicted octanol–water partition coefficient (Wildman–Crippen LogP) is 4.27.